The van der Waals surface area contributed by atoms with Gasteiger partial charge >= 0.3 is 0 Å². The topological polar surface area (TPSA) is 42.7 Å². The summed E-state index contributed by atoms with van der Waals surface area (Å²) in [6, 6.07) is 9.57. The van der Waals surface area contributed by atoms with Crippen LogP contribution in [0.15, 0.2) is 34.7 Å². The molecule has 4 nitrogen and oxygen atoms in total. The van der Waals surface area contributed by atoms with E-state index in [1.54, 1.807) is 0 Å². The van der Waals surface area contributed by atoms with Gasteiger partial charge < -0.3 is 14.1 Å². The highest BCUT2D eigenvalue weighted by atomic mass is 32.2. The van der Waals surface area contributed by atoms with Crippen LogP contribution in [0.1, 0.15) is 23.9 Å². The van der Waals surface area contributed by atoms with Gasteiger partial charge in [-0.15, -0.1) is 11.8 Å². The van der Waals surface area contributed by atoms with Gasteiger partial charge in [0.15, 0.2) is 5.76 Å². The summed E-state index contributed by atoms with van der Waals surface area (Å²) in [4.78, 5) is 14.4. The number of para-hydroxylation sites is 1. The molecule has 0 saturated carbocycles. The average Bonchev–Trinajstić information content (AvgIpc) is 3.09. The fourth-order valence-electron chi connectivity index (χ4n) is 3.40. The second-order valence-electron chi connectivity index (χ2n) is 6.09. The molecule has 1 aromatic carbocycles. The molecule has 1 atom stereocenters. The van der Waals surface area contributed by atoms with Gasteiger partial charge in [0.2, 0.25) is 0 Å². The van der Waals surface area contributed by atoms with Crippen LogP contribution in [0, 0.1) is 0 Å². The van der Waals surface area contributed by atoms with Gasteiger partial charge in [-0.25, -0.2) is 0 Å². The smallest absolute Gasteiger partial charge is 0.289 e. The maximum Gasteiger partial charge on any atom is 0.289 e. The lowest BCUT2D eigenvalue weighted by atomic mass is 9.92. The summed E-state index contributed by atoms with van der Waals surface area (Å²) < 4.78 is 11.6. The molecule has 1 aromatic heterocycles. The van der Waals surface area contributed by atoms with Crippen LogP contribution in [-0.4, -0.2) is 47.1 Å². The fourth-order valence-corrected chi connectivity index (χ4v) is 4.95. The molecule has 3 heterocycles. The van der Waals surface area contributed by atoms with Crippen molar-refractivity contribution in [2.45, 2.75) is 24.2 Å². The van der Waals surface area contributed by atoms with Crippen molar-refractivity contribution < 1.29 is 13.9 Å². The highest BCUT2D eigenvalue weighted by Gasteiger charge is 2.51. The number of benzene rings is 1. The number of hydrogen-bond acceptors (Lipinski definition) is 4. The van der Waals surface area contributed by atoms with Crippen molar-refractivity contribution in [2.24, 2.45) is 0 Å². The van der Waals surface area contributed by atoms with Gasteiger partial charge in [0.1, 0.15) is 5.58 Å². The molecule has 4 rings (SSSR count). The molecular formula is C17H19NO3S. The molecule has 0 unspecified atom stereocenters. The predicted molar refractivity (Wildman–Crippen MR) is 87.3 cm³/mol. The average molecular weight is 317 g/mol. The Morgan fingerprint density at radius 2 is 2.27 bits per heavy atom. The summed E-state index contributed by atoms with van der Waals surface area (Å²) >= 11 is 1.95. The van der Waals surface area contributed by atoms with Gasteiger partial charge in [-0.3, -0.25) is 4.79 Å². The van der Waals surface area contributed by atoms with Crippen LogP contribution in [-0.2, 0) is 4.74 Å². The van der Waals surface area contributed by atoms with E-state index < -0.39 is 0 Å². The number of amides is 1. The SMILES string of the molecule is CCO[C@@H]1CSC2(C1)CN(C(=O)c1cc3ccccc3o1)C2. The molecule has 22 heavy (non-hydrogen) atoms. The zero-order valence-electron chi connectivity index (χ0n) is 12.6. The predicted octanol–water partition coefficient (Wildman–Crippen LogP) is 3.17. The molecule has 5 heteroatoms. The molecule has 1 amide bonds. The van der Waals surface area contributed by atoms with Crippen molar-refractivity contribution in [3.05, 3.63) is 36.1 Å². The van der Waals surface area contributed by atoms with Crippen molar-refractivity contribution in [1.82, 2.24) is 4.90 Å². The second-order valence-corrected chi connectivity index (χ2v) is 7.57. The third kappa shape index (κ3) is 2.32. The second kappa shape index (κ2) is 5.32. The Morgan fingerprint density at radius 1 is 1.45 bits per heavy atom. The van der Waals surface area contributed by atoms with Gasteiger partial charge in [0.25, 0.3) is 5.91 Å². The molecule has 1 spiro atoms. The molecule has 0 aliphatic carbocycles. The number of rotatable bonds is 3. The third-order valence-electron chi connectivity index (χ3n) is 4.46. The number of nitrogens with zero attached hydrogens (tertiary/aromatic N) is 1. The van der Waals surface area contributed by atoms with Crippen LogP contribution in [0.5, 0.6) is 0 Å². The first-order valence-corrected chi connectivity index (χ1v) is 8.71. The van der Waals surface area contributed by atoms with Gasteiger partial charge in [-0.2, -0.15) is 0 Å². The number of furan rings is 1. The molecule has 0 radical (unpaired) electrons. The summed E-state index contributed by atoms with van der Waals surface area (Å²) in [7, 11) is 0. The van der Waals surface area contributed by atoms with Crippen LogP contribution < -0.4 is 0 Å². The summed E-state index contributed by atoms with van der Waals surface area (Å²) in [6.07, 6.45) is 1.40. The quantitative estimate of drug-likeness (QED) is 0.872. The zero-order chi connectivity index (χ0) is 15.2. The maximum absolute atomic E-state index is 12.5. The molecule has 2 saturated heterocycles. The summed E-state index contributed by atoms with van der Waals surface area (Å²) in [5.41, 5.74) is 0.771. The summed E-state index contributed by atoms with van der Waals surface area (Å²) in [5, 5.41) is 0.979. The van der Waals surface area contributed by atoms with E-state index in [4.69, 9.17) is 9.15 Å². The Morgan fingerprint density at radius 3 is 3.05 bits per heavy atom. The van der Waals surface area contributed by atoms with E-state index in [1.165, 1.54) is 0 Å². The van der Waals surface area contributed by atoms with Crippen molar-refractivity contribution >= 4 is 28.6 Å². The monoisotopic (exact) mass is 317 g/mol. The van der Waals surface area contributed by atoms with Gasteiger partial charge in [-0.1, -0.05) is 18.2 Å². The molecule has 0 bridgehead atoms. The molecule has 2 aromatic rings. The normalized spacial score (nSPS) is 23.1. The molecular weight excluding hydrogens is 298 g/mol. The molecule has 2 aliphatic rings. The molecule has 2 fully saturated rings. The van der Waals surface area contributed by atoms with E-state index in [9.17, 15) is 4.79 Å². The summed E-state index contributed by atoms with van der Waals surface area (Å²) in [5.74, 6) is 1.49. The minimum atomic E-state index is 0.00212. The Balaban J connectivity index is 1.43. The Bertz CT molecular complexity index is 672. The third-order valence-corrected chi connectivity index (χ3v) is 6.03. The fraction of sp³-hybridized carbons (Fsp3) is 0.471. The minimum Gasteiger partial charge on any atom is -0.451 e. The highest BCUT2D eigenvalue weighted by Crippen LogP contribution is 2.46. The lowest BCUT2D eigenvalue weighted by Gasteiger charge is -2.47. The number of fused-ring (bicyclic) bond motifs is 1. The zero-order valence-corrected chi connectivity index (χ0v) is 13.4. The van der Waals surface area contributed by atoms with E-state index in [0.29, 0.717) is 11.9 Å². The highest BCUT2D eigenvalue weighted by molar-refractivity contribution is 8.01. The Labute approximate surface area is 133 Å². The lowest BCUT2D eigenvalue weighted by Crippen LogP contribution is -2.60. The van der Waals surface area contributed by atoms with E-state index in [2.05, 4.69) is 0 Å². The standard InChI is InChI=1S/C17H19NO3S/c1-2-20-13-8-17(22-9-13)10-18(11-17)16(19)15-7-12-5-3-4-6-14(12)21-15/h3-7,13H,2,8-11H2,1H3/t13-/m0/s1. The molecule has 116 valence electrons. The van der Waals surface area contributed by atoms with Crippen LogP contribution in [0.4, 0.5) is 0 Å². The van der Waals surface area contributed by atoms with Crippen molar-refractivity contribution in [1.29, 1.82) is 0 Å². The largest absolute Gasteiger partial charge is 0.451 e. The number of hydrogen-bond donors (Lipinski definition) is 0. The van der Waals surface area contributed by atoms with Crippen molar-refractivity contribution in [2.75, 3.05) is 25.4 Å². The van der Waals surface area contributed by atoms with E-state index in [-0.39, 0.29) is 10.7 Å². The van der Waals surface area contributed by atoms with Crippen molar-refractivity contribution in [3.63, 3.8) is 0 Å². The Kier molecular flexibility index (Phi) is 3.42. The number of thioether (sulfide) groups is 1. The van der Waals surface area contributed by atoms with E-state index >= 15 is 0 Å². The van der Waals surface area contributed by atoms with Crippen LogP contribution in [0.3, 0.4) is 0 Å². The first kappa shape index (κ1) is 14.2. The van der Waals surface area contributed by atoms with Crippen molar-refractivity contribution in [3.8, 4) is 0 Å². The first-order valence-electron chi connectivity index (χ1n) is 7.72. The van der Waals surface area contributed by atoms with Crippen LogP contribution in [0.2, 0.25) is 0 Å². The molecule has 0 N–H and O–H groups in total. The van der Waals surface area contributed by atoms with E-state index in [0.717, 1.165) is 42.8 Å². The van der Waals surface area contributed by atoms with Gasteiger partial charge in [0.05, 0.1) is 10.9 Å². The number of likely N-dealkylation sites (tertiary alicyclic amines) is 1. The number of carbonyl (C=O) groups is 1. The minimum absolute atomic E-state index is 0.00212. The number of carbonyl (C=O) groups excluding carboxylic acids is 1. The van der Waals surface area contributed by atoms with E-state index in [1.807, 2.05) is 53.9 Å². The summed E-state index contributed by atoms with van der Waals surface area (Å²) in [6.45, 7) is 4.41. The van der Waals surface area contributed by atoms with Crippen LogP contribution >= 0.6 is 11.8 Å². The number of ether oxygens (including phenoxy) is 1. The Hall–Kier alpha value is -1.46. The maximum atomic E-state index is 12.5. The molecule has 2 aliphatic heterocycles. The van der Waals surface area contributed by atoms with Gasteiger partial charge in [-0.05, 0) is 25.5 Å². The lowest BCUT2D eigenvalue weighted by molar-refractivity contribution is 0.0342. The van der Waals surface area contributed by atoms with Crippen LogP contribution in [0.25, 0.3) is 11.0 Å². The first-order chi connectivity index (χ1) is 10.7. The van der Waals surface area contributed by atoms with Gasteiger partial charge in [0, 0.05) is 30.8 Å².